The Kier molecular flexibility index (Phi) is 3.26. The lowest BCUT2D eigenvalue weighted by atomic mass is 10.1. The van der Waals surface area contributed by atoms with E-state index in [2.05, 4.69) is 20.0 Å². The van der Waals surface area contributed by atoms with Crippen molar-refractivity contribution in [2.75, 3.05) is 13.1 Å². The van der Waals surface area contributed by atoms with Gasteiger partial charge in [-0.3, -0.25) is 0 Å². The molecule has 6 nitrogen and oxygen atoms in total. The van der Waals surface area contributed by atoms with Crippen LogP contribution in [-0.4, -0.2) is 37.5 Å². The van der Waals surface area contributed by atoms with E-state index in [0.717, 1.165) is 31.4 Å². The number of aromatic nitrogens is 2. The normalized spacial score (nSPS) is 17.9. The number of fused-ring (bicyclic) bond motifs is 1. The van der Waals surface area contributed by atoms with Crippen LogP contribution < -0.4 is 10.0 Å². The van der Waals surface area contributed by atoms with Crippen molar-refractivity contribution in [2.45, 2.75) is 24.0 Å². The van der Waals surface area contributed by atoms with Crippen molar-refractivity contribution in [3.05, 3.63) is 24.3 Å². The van der Waals surface area contributed by atoms with Gasteiger partial charge in [-0.2, -0.15) is 0 Å². The van der Waals surface area contributed by atoms with Crippen molar-refractivity contribution < 1.29 is 8.42 Å². The minimum absolute atomic E-state index is 0.00719. The van der Waals surface area contributed by atoms with E-state index in [0.29, 0.717) is 5.52 Å². The smallest absolute Gasteiger partial charge is 0.274 e. The number of aromatic amines is 1. The summed E-state index contributed by atoms with van der Waals surface area (Å²) in [5, 5.41) is 3.20. The van der Waals surface area contributed by atoms with Gasteiger partial charge >= 0.3 is 0 Å². The Balaban J connectivity index is 1.86. The van der Waals surface area contributed by atoms with Crippen molar-refractivity contribution in [1.29, 1.82) is 0 Å². The van der Waals surface area contributed by atoms with Crippen LogP contribution in [0.5, 0.6) is 0 Å². The summed E-state index contributed by atoms with van der Waals surface area (Å²) in [7, 11) is -3.57. The highest BCUT2D eigenvalue weighted by Gasteiger charge is 2.24. The van der Waals surface area contributed by atoms with Crippen molar-refractivity contribution in [3.63, 3.8) is 0 Å². The molecular weight excluding hydrogens is 264 g/mol. The second-order valence-corrected chi connectivity index (χ2v) is 6.33. The van der Waals surface area contributed by atoms with Crippen LogP contribution in [0.1, 0.15) is 12.8 Å². The summed E-state index contributed by atoms with van der Waals surface area (Å²) in [6.45, 7) is 1.68. The van der Waals surface area contributed by atoms with Gasteiger partial charge in [-0.1, -0.05) is 12.1 Å². The van der Waals surface area contributed by atoms with Gasteiger partial charge in [-0.25, -0.2) is 18.1 Å². The number of hydrogen-bond donors (Lipinski definition) is 3. The molecule has 1 aliphatic rings. The first-order chi connectivity index (χ1) is 9.15. The van der Waals surface area contributed by atoms with E-state index in [9.17, 15) is 8.42 Å². The lowest BCUT2D eigenvalue weighted by Gasteiger charge is -2.22. The number of para-hydroxylation sites is 2. The van der Waals surface area contributed by atoms with Crippen molar-refractivity contribution in [1.82, 2.24) is 20.0 Å². The van der Waals surface area contributed by atoms with Crippen molar-refractivity contribution in [3.8, 4) is 0 Å². The first-order valence-corrected chi connectivity index (χ1v) is 7.81. The number of H-pyrrole nitrogens is 1. The molecule has 0 saturated carbocycles. The van der Waals surface area contributed by atoms with Gasteiger partial charge in [-0.05, 0) is 38.1 Å². The van der Waals surface area contributed by atoms with Gasteiger partial charge in [0.25, 0.3) is 10.0 Å². The summed E-state index contributed by atoms with van der Waals surface area (Å²) in [4.78, 5) is 6.98. The van der Waals surface area contributed by atoms with Crippen LogP contribution in [0.15, 0.2) is 29.4 Å². The first-order valence-electron chi connectivity index (χ1n) is 6.33. The van der Waals surface area contributed by atoms with Gasteiger partial charge in [0.2, 0.25) is 5.16 Å². The first kappa shape index (κ1) is 12.6. The zero-order valence-corrected chi connectivity index (χ0v) is 11.2. The molecule has 1 aromatic carbocycles. The van der Waals surface area contributed by atoms with Crippen molar-refractivity contribution >= 4 is 21.1 Å². The quantitative estimate of drug-likeness (QED) is 0.768. The number of piperidine rings is 1. The van der Waals surface area contributed by atoms with Gasteiger partial charge in [-0.15, -0.1) is 0 Å². The molecule has 19 heavy (non-hydrogen) atoms. The summed E-state index contributed by atoms with van der Waals surface area (Å²) in [5.41, 5.74) is 1.39. The highest BCUT2D eigenvalue weighted by Crippen LogP contribution is 2.15. The maximum Gasteiger partial charge on any atom is 0.274 e. The molecule has 102 valence electrons. The average Bonchev–Trinajstić information content (AvgIpc) is 2.84. The molecule has 0 amide bonds. The highest BCUT2D eigenvalue weighted by atomic mass is 32.2. The lowest BCUT2D eigenvalue weighted by molar-refractivity contribution is 0.426. The molecule has 0 radical (unpaired) electrons. The molecule has 0 unspecified atom stereocenters. The van der Waals surface area contributed by atoms with E-state index in [1.807, 2.05) is 18.2 Å². The summed E-state index contributed by atoms with van der Waals surface area (Å²) in [5.74, 6) is 0. The fourth-order valence-electron chi connectivity index (χ4n) is 2.27. The number of imidazole rings is 1. The third kappa shape index (κ3) is 2.63. The Morgan fingerprint density at radius 1 is 1.21 bits per heavy atom. The molecule has 0 bridgehead atoms. The van der Waals surface area contributed by atoms with Gasteiger partial charge in [0, 0.05) is 6.04 Å². The fourth-order valence-corrected chi connectivity index (χ4v) is 3.52. The third-order valence-corrected chi connectivity index (χ3v) is 4.63. The average molecular weight is 280 g/mol. The Morgan fingerprint density at radius 2 is 1.95 bits per heavy atom. The minimum atomic E-state index is -3.57. The van der Waals surface area contributed by atoms with Gasteiger partial charge < -0.3 is 10.3 Å². The molecule has 3 N–H and O–H groups in total. The Hall–Kier alpha value is -1.44. The van der Waals surface area contributed by atoms with Crippen LogP contribution in [0.3, 0.4) is 0 Å². The van der Waals surface area contributed by atoms with Crippen LogP contribution in [-0.2, 0) is 10.0 Å². The Labute approximate surface area is 111 Å². The van der Waals surface area contributed by atoms with E-state index in [-0.39, 0.29) is 11.2 Å². The van der Waals surface area contributed by atoms with E-state index in [1.54, 1.807) is 6.07 Å². The molecular formula is C12H16N4O2S. The maximum atomic E-state index is 12.2. The number of benzene rings is 1. The molecule has 3 rings (SSSR count). The van der Waals surface area contributed by atoms with E-state index < -0.39 is 10.0 Å². The topological polar surface area (TPSA) is 86.9 Å². The third-order valence-electron chi connectivity index (χ3n) is 3.28. The zero-order chi connectivity index (χ0) is 13.3. The molecule has 2 aromatic rings. The standard InChI is InChI=1S/C12H16N4O2S/c17-19(18,16-9-5-7-13-8-6-9)12-14-10-3-1-2-4-11(10)15-12/h1-4,9,13,16H,5-8H2,(H,14,15). The largest absolute Gasteiger partial charge is 0.328 e. The molecule has 2 heterocycles. The van der Waals surface area contributed by atoms with Crippen LogP contribution in [0.25, 0.3) is 11.0 Å². The molecule has 0 aliphatic carbocycles. The van der Waals surface area contributed by atoms with E-state index in [1.165, 1.54) is 0 Å². The summed E-state index contributed by atoms with van der Waals surface area (Å²) in [6.07, 6.45) is 1.61. The predicted molar refractivity (Wildman–Crippen MR) is 72.3 cm³/mol. The number of rotatable bonds is 3. The van der Waals surface area contributed by atoms with Crippen LogP contribution in [0.2, 0.25) is 0 Å². The summed E-state index contributed by atoms with van der Waals surface area (Å²) in [6, 6.07) is 7.26. The van der Waals surface area contributed by atoms with Crippen LogP contribution >= 0.6 is 0 Å². The van der Waals surface area contributed by atoms with Crippen molar-refractivity contribution in [2.24, 2.45) is 0 Å². The summed E-state index contributed by atoms with van der Waals surface area (Å²) >= 11 is 0. The van der Waals surface area contributed by atoms with Gasteiger partial charge in [0.1, 0.15) is 0 Å². The van der Waals surface area contributed by atoms with Gasteiger partial charge in [0.05, 0.1) is 11.0 Å². The molecule has 7 heteroatoms. The lowest BCUT2D eigenvalue weighted by Crippen LogP contribution is -2.42. The van der Waals surface area contributed by atoms with Crippen LogP contribution in [0.4, 0.5) is 0 Å². The number of nitrogens with one attached hydrogen (secondary N) is 3. The van der Waals surface area contributed by atoms with Gasteiger partial charge in [0.15, 0.2) is 0 Å². The molecule has 1 aliphatic heterocycles. The van der Waals surface area contributed by atoms with Crippen LogP contribution in [0, 0.1) is 0 Å². The number of nitrogens with zero attached hydrogens (tertiary/aromatic N) is 1. The number of hydrogen-bond acceptors (Lipinski definition) is 4. The minimum Gasteiger partial charge on any atom is -0.328 e. The molecule has 1 aromatic heterocycles. The zero-order valence-electron chi connectivity index (χ0n) is 10.4. The Bertz CT molecular complexity index is 641. The molecule has 0 atom stereocenters. The monoisotopic (exact) mass is 280 g/mol. The number of sulfonamides is 1. The molecule has 1 fully saturated rings. The Morgan fingerprint density at radius 3 is 2.68 bits per heavy atom. The van der Waals surface area contributed by atoms with E-state index >= 15 is 0 Å². The predicted octanol–water partition coefficient (Wildman–Crippen LogP) is 0.593. The molecule has 0 spiro atoms. The second-order valence-electron chi connectivity index (χ2n) is 4.70. The second kappa shape index (κ2) is 4.92. The highest BCUT2D eigenvalue weighted by molar-refractivity contribution is 7.89. The van der Waals surface area contributed by atoms with E-state index in [4.69, 9.17) is 0 Å². The SMILES string of the molecule is O=S(=O)(NC1CCNCC1)c1nc2ccccc2[nH]1. The summed E-state index contributed by atoms with van der Waals surface area (Å²) < 4.78 is 27.2. The molecule has 1 saturated heterocycles. The maximum absolute atomic E-state index is 12.2. The fraction of sp³-hybridized carbons (Fsp3) is 0.417.